The summed E-state index contributed by atoms with van der Waals surface area (Å²) >= 11 is 0. The van der Waals surface area contributed by atoms with Gasteiger partial charge in [0.05, 0.1) is 17.8 Å². The Bertz CT molecular complexity index is 1160. The number of aromatic nitrogens is 3. The topological polar surface area (TPSA) is 60.2 Å². The Labute approximate surface area is 181 Å². The van der Waals surface area contributed by atoms with Gasteiger partial charge >= 0.3 is 6.18 Å². The van der Waals surface area contributed by atoms with Crippen molar-refractivity contribution in [1.29, 1.82) is 0 Å². The van der Waals surface area contributed by atoms with E-state index >= 15 is 0 Å². The summed E-state index contributed by atoms with van der Waals surface area (Å²) in [6.07, 6.45) is -1.53. The highest BCUT2D eigenvalue weighted by Crippen LogP contribution is 2.40. The molecule has 1 amide bonds. The average Bonchev–Trinajstić information content (AvgIpc) is 3.20. The fraction of sp³-hybridized carbons (Fsp3) is 0.318. The number of hydrogen-bond acceptors (Lipinski definition) is 4. The third kappa shape index (κ3) is 3.92. The molecule has 0 N–H and O–H groups in total. The van der Waals surface area contributed by atoms with Gasteiger partial charge in [0.1, 0.15) is 24.7 Å². The second kappa shape index (κ2) is 8.25. The Morgan fingerprint density at radius 2 is 2.00 bits per heavy atom. The van der Waals surface area contributed by atoms with Crippen LogP contribution in [0.25, 0.3) is 11.1 Å². The van der Waals surface area contributed by atoms with E-state index in [1.54, 1.807) is 23.1 Å². The minimum atomic E-state index is -4.73. The van der Waals surface area contributed by atoms with E-state index in [-0.39, 0.29) is 18.3 Å². The number of ether oxygens (including phenoxy) is 1. The largest absolute Gasteiger partial charge is 0.490 e. The first-order valence-electron chi connectivity index (χ1n) is 9.93. The van der Waals surface area contributed by atoms with Crippen molar-refractivity contribution in [2.75, 3.05) is 24.7 Å². The Hall–Kier alpha value is -3.43. The third-order valence-electron chi connectivity index (χ3n) is 5.23. The van der Waals surface area contributed by atoms with Crippen LogP contribution < -0.4 is 9.64 Å². The van der Waals surface area contributed by atoms with E-state index in [9.17, 15) is 22.4 Å². The molecule has 3 aromatic rings. The van der Waals surface area contributed by atoms with Crippen molar-refractivity contribution in [3.05, 3.63) is 59.7 Å². The predicted octanol–water partition coefficient (Wildman–Crippen LogP) is 4.84. The molecule has 6 nitrogen and oxygen atoms in total. The van der Waals surface area contributed by atoms with Gasteiger partial charge in [-0.3, -0.25) is 14.5 Å². The molecular weight excluding hydrogens is 428 g/mol. The highest BCUT2D eigenvalue weighted by molar-refractivity contribution is 6.09. The average molecular weight is 448 g/mol. The number of anilines is 1. The zero-order chi connectivity index (χ0) is 23.0. The zero-order valence-electron chi connectivity index (χ0n) is 17.4. The molecule has 0 saturated carbocycles. The van der Waals surface area contributed by atoms with Gasteiger partial charge in [-0.15, -0.1) is 0 Å². The smallest absolute Gasteiger partial charge is 0.420 e. The lowest BCUT2D eigenvalue weighted by molar-refractivity contribution is -0.138. The minimum absolute atomic E-state index is 0.0751. The van der Waals surface area contributed by atoms with Crippen LogP contribution in [0.5, 0.6) is 5.75 Å². The van der Waals surface area contributed by atoms with Gasteiger partial charge in [0.25, 0.3) is 5.91 Å². The number of amides is 1. The fourth-order valence-electron chi connectivity index (χ4n) is 3.79. The van der Waals surface area contributed by atoms with Crippen LogP contribution in [0.1, 0.15) is 34.7 Å². The Morgan fingerprint density at radius 3 is 2.69 bits per heavy atom. The number of rotatable bonds is 5. The molecule has 1 aromatic carbocycles. The van der Waals surface area contributed by atoms with E-state index in [0.29, 0.717) is 11.3 Å². The van der Waals surface area contributed by atoms with Crippen molar-refractivity contribution in [1.82, 2.24) is 14.8 Å². The molecule has 2 aromatic heterocycles. The lowest BCUT2D eigenvalue weighted by Gasteiger charge is -2.33. The van der Waals surface area contributed by atoms with Crippen LogP contribution in [0.15, 0.2) is 42.7 Å². The number of alkyl halides is 4. The van der Waals surface area contributed by atoms with Crippen molar-refractivity contribution >= 4 is 11.6 Å². The van der Waals surface area contributed by atoms with Gasteiger partial charge in [0, 0.05) is 29.7 Å². The van der Waals surface area contributed by atoms with E-state index in [0.717, 1.165) is 23.4 Å². The maximum Gasteiger partial charge on any atom is 0.420 e. The summed E-state index contributed by atoms with van der Waals surface area (Å²) in [6, 6.07) is 6.64. The Kier molecular flexibility index (Phi) is 5.62. The summed E-state index contributed by atoms with van der Waals surface area (Å²) < 4.78 is 59.8. The minimum Gasteiger partial charge on any atom is -0.490 e. The molecule has 1 aliphatic heterocycles. The maximum absolute atomic E-state index is 13.6. The van der Waals surface area contributed by atoms with Crippen LogP contribution in [0.2, 0.25) is 0 Å². The lowest BCUT2D eigenvalue weighted by Crippen LogP contribution is -2.43. The van der Waals surface area contributed by atoms with Gasteiger partial charge in [-0.05, 0) is 49.7 Å². The first-order chi connectivity index (χ1) is 15.2. The Balaban J connectivity index is 1.77. The molecule has 0 saturated heterocycles. The number of hydrogen-bond donors (Lipinski definition) is 0. The van der Waals surface area contributed by atoms with Crippen LogP contribution in [0.4, 0.5) is 23.2 Å². The number of carbonyl (C=O) groups excluding carboxylic acids is 1. The summed E-state index contributed by atoms with van der Waals surface area (Å²) in [5, 5.41) is 4.34. The fourth-order valence-corrected chi connectivity index (χ4v) is 3.79. The number of carbonyl (C=O) groups is 1. The SMILES string of the molecule is Cc1cc(-c2cnn3c2C(=O)N(c2ccc(OCCF)c(C(F)(F)F)c2)C[C@@H]3C)ccn1. The third-order valence-corrected chi connectivity index (χ3v) is 5.23. The summed E-state index contributed by atoms with van der Waals surface area (Å²) in [7, 11) is 0. The van der Waals surface area contributed by atoms with E-state index in [1.165, 1.54) is 11.0 Å². The summed E-state index contributed by atoms with van der Waals surface area (Å²) in [5.74, 6) is -0.940. The Morgan fingerprint density at radius 1 is 1.22 bits per heavy atom. The number of aryl methyl sites for hydroxylation is 1. The summed E-state index contributed by atoms with van der Waals surface area (Å²) in [5.41, 5.74) is 1.39. The van der Waals surface area contributed by atoms with E-state index < -0.39 is 36.7 Å². The van der Waals surface area contributed by atoms with E-state index in [2.05, 4.69) is 10.1 Å². The van der Waals surface area contributed by atoms with E-state index in [1.807, 2.05) is 19.9 Å². The number of nitrogens with zero attached hydrogens (tertiary/aromatic N) is 4. The summed E-state index contributed by atoms with van der Waals surface area (Å²) in [6.45, 7) is 2.39. The molecule has 0 unspecified atom stereocenters. The zero-order valence-corrected chi connectivity index (χ0v) is 17.4. The highest BCUT2D eigenvalue weighted by atomic mass is 19.4. The second-order valence-electron chi connectivity index (χ2n) is 7.52. The number of fused-ring (bicyclic) bond motifs is 1. The second-order valence-corrected chi connectivity index (χ2v) is 7.52. The quantitative estimate of drug-likeness (QED) is 0.524. The van der Waals surface area contributed by atoms with Gasteiger partial charge < -0.3 is 9.64 Å². The molecule has 0 aliphatic carbocycles. The molecule has 0 radical (unpaired) electrons. The molecule has 1 aliphatic rings. The molecule has 32 heavy (non-hydrogen) atoms. The monoisotopic (exact) mass is 448 g/mol. The van der Waals surface area contributed by atoms with Gasteiger partial charge in [-0.25, -0.2) is 4.39 Å². The van der Waals surface area contributed by atoms with Crippen molar-refractivity contribution in [3.63, 3.8) is 0 Å². The summed E-state index contributed by atoms with van der Waals surface area (Å²) in [4.78, 5) is 18.9. The molecule has 3 heterocycles. The molecule has 4 rings (SSSR count). The van der Waals surface area contributed by atoms with Crippen LogP contribution in [-0.4, -0.2) is 40.5 Å². The number of halogens is 4. The van der Waals surface area contributed by atoms with Gasteiger partial charge in [0.15, 0.2) is 0 Å². The lowest BCUT2D eigenvalue weighted by atomic mass is 10.0. The standard InChI is InChI=1S/C22H20F4N4O2/c1-13-9-15(5-7-27-13)17-11-28-30-14(2)12-29(21(31)20(17)30)16-3-4-19(32-8-6-23)18(10-16)22(24,25)26/h3-5,7,9-11,14H,6,8,12H2,1-2H3/t14-/m0/s1. The van der Waals surface area contributed by atoms with Gasteiger partial charge in [-0.2, -0.15) is 18.3 Å². The van der Waals surface area contributed by atoms with Crippen molar-refractivity contribution in [3.8, 4) is 16.9 Å². The predicted molar refractivity (Wildman–Crippen MR) is 109 cm³/mol. The van der Waals surface area contributed by atoms with Crippen LogP contribution in [0, 0.1) is 6.92 Å². The number of pyridine rings is 1. The van der Waals surface area contributed by atoms with E-state index in [4.69, 9.17) is 4.74 Å². The molecule has 10 heteroatoms. The van der Waals surface area contributed by atoms with Crippen LogP contribution >= 0.6 is 0 Å². The molecule has 168 valence electrons. The van der Waals surface area contributed by atoms with Crippen molar-refractivity contribution in [2.45, 2.75) is 26.1 Å². The molecule has 0 bridgehead atoms. The highest BCUT2D eigenvalue weighted by Gasteiger charge is 2.38. The van der Waals surface area contributed by atoms with Crippen LogP contribution in [0.3, 0.4) is 0 Å². The normalized spacial score (nSPS) is 16.2. The maximum atomic E-state index is 13.6. The van der Waals surface area contributed by atoms with Gasteiger partial charge in [-0.1, -0.05) is 0 Å². The molecular formula is C22H20F4N4O2. The van der Waals surface area contributed by atoms with Gasteiger partial charge in [0.2, 0.25) is 0 Å². The molecule has 0 fully saturated rings. The van der Waals surface area contributed by atoms with Crippen molar-refractivity contribution < 1.29 is 27.1 Å². The van der Waals surface area contributed by atoms with Crippen molar-refractivity contribution in [2.24, 2.45) is 0 Å². The molecule has 0 spiro atoms. The van der Waals surface area contributed by atoms with Crippen LogP contribution in [-0.2, 0) is 6.18 Å². The first-order valence-corrected chi connectivity index (χ1v) is 9.93. The molecule has 1 atom stereocenters. The number of benzene rings is 1. The first kappa shape index (κ1) is 21.8.